The minimum Gasteiger partial charge on any atom is -0.0654 e. The Kier molecular flexibility index (Phi) is 3.20. The van der Waals surface area contributed by atoms with Gasteiger partial charge >= 0.3 is 0 Å². The molecule has 0 amide bonds. The van der Waals surface area contributed by atoms with E-state index in [1.165, 1.54) is 32.1 Å². The average molecular weight is 168 g/mol. The molecule has 0 saturated heterocycles. The molecule has 0 radical (unpaired) electrons. The predicted octanol–water partition coefficient (Wildman–Crippen LogP) is 4.25. The van der Waals surface area contributed by atoms with E-state index in [-0.39, 0.29) is 0 Å². The molecular formula is C12H24. The molecule has 72 valence electrons. The Bertz CT molecular complexity index is 131. The van der Waals surface area contributed by atoms with Crippen LogP contribution in [0.2, 0.25) is 0 Å². The number of hydrogen-bond acceptors (Lipinski definition) is 0. The summed E-state index contributed by atoms with van der Waals surface area (Å²) in [5.41, 5.74) is 0.581. The Morgan fingerprint density at radius 1 is 1.33 bits per heavy atom. The number of rotatable bonds is 5. The van der Waals surface area contributed by atoms with Crippen molar-refractivity contribution in [3.63, 3.8) is 0 Å². The maximum atomic E-state index is 2.44. The van der Waals surface area contributed by atoms with Crippen molar-refractivity contribution >= 4 is 0 Å². The molecular weight excluding hydrogens is 144 g/mol. The van der Waals surface area contributed by atoms with Gasteiger partial charge in [0.05, 0.1) is 0 Å². The zero-order valence-electron chi connectivity index (χ0n) is 9.19. The van der Waals surface area contributed by atoms with Crippen LogP contribution in [0.3, 0.4) is 0 Å². The molecule has 0 aromatic carbocycles. The summed E-state index contributed by atoms with van der Waals surface area (Å²) < 4.78 is 0. The lowest BCUT2D eigenvalue weighted by Crippen LogP contribution is -2.21. The molecule has 0 aromatic rings. The largest absolute Gasteiger partial charge is 0.0654 e. The van der Waals surface area contributed by atoms with Crippen molar-refractivity contribution in [1.29, 1.82) is 0 Å². The normalized spacial score (nSPS) is 21.0. The van der Waals surface area contributed by atoms with E-state index in [4.69, 9.17) is 0 Å². The molecule has 0 spiro atoms. The van der Waals surface area contributed by atoms with E-state index >= 15 is 0 Å². The monoisotopic (exact) mass is 168 g/mol. The van der Waals surface area contributed by atoms with Crippen LogP contribution in [0.5, 0.6) is 0 Å². The topological polar surface area (TPSA) is 0 Å². The van der Waals surface area contributed by atoms with Gasteiger partial charge in [0.25, 0.3) is 0 Å². The van der Waals surface area contributed by atoms with Gasteiger partial charge in [0, 0.05) is 0 Å². The Morgan fingerprint density at radius 3 is 2.33 bits per heavy atom. The van der Waals surface area contributed by atoms with E-state index in [1.54, 1.807) is 0 Å². The molecule has 1 rings (SSSR count). The Labute approximate surface area is 77.7 Å². The molecule has 0 bridgehead atoms. The SMILES string of the molecule is CCCC(C)(C)C(C)CC1CC1. The van der Waals surface area contributed by atoms with E-state index in [2.05, 4.69) is 27.7 Å². The van der Waals surface area contributed by atoms with E-state index in [9.17, 15) is 0 Å². The van der Waals surface area contributed by atoms with Crippen molar-refractivity contribution in [1.82, 2.24) is 0 Å². The second-order valence-electron chi connectivity index (χ2n) is 5.32. The van der Waals surface area contributed by atoms with E-state index in [0.29, 0.717) is 5.41 Å². The summed E-state index contributed by atoms with van der Waals surface area (Å²) >= 11 is 0. The molecule has 1 saturated carbocycles. The average Bonchev–Trinajstić information content (AvgIpc) is 2.71. The molecule has 1 unspecified atom stereocenters. The minimum absolute atomic E-state index is 0.581. The fraction of sp³-hybridized carbons (Fsp3) is 1.00. The van der Waals surface area contributed by atoms with Crippen molar-refractivity contribution in [3.8, 4) is 0 Å². The van der Waals surface area contributed by atoms with Gasteiger partial charge in [-0.15, -0.1) is 0 Å². The van der Waals surface area contributed by atoms with Crippen LogP contribution in [-0.4, -0.2) is 0 Å². The van der Waals surface area contributed by atoms with Crippen LogP contribution in [-0.2, 0) is 0 Å². The lowest BCUT2D eigenvalue weighted by Gasteiger charge is -2.31. The smallest absolute Gasteiger partial charge is 0.0329 e. The van der Waals surface area contributed by atoms with Crippen molar-refractivity contribution in [2.45, 2.75) is 59.8 Å². The molecule has 1 aliphatic carbocycles. The van der Waals surface area contributed by atoms with Gasteiger partial charge < -0.3 is 0 Å². The van der Waals surface area contributed by atoms with Crippen LogP contribution < -0.4 is 0 Å². The summed E-state index contributed by atoms with van der Waals surface area (Å²) in [6.07, 6.45) is 7.22. The second kappa shape index (κ2) is 3.81. The van der Waals surface area contributed by atoms with Crippen LogP contribution in [0.4, 0.5) is 0 Å². The molecule has 0 heteroatoms. The Morgan fingerprint density at radius 2 is 1.92 bits per heavy atom. The summed E-state index contributed by atoms with van der Waals surface area (Å²) in [6, 6.07) is 0. The molecule has 0 heterocycles. The minimum atomic E-state index is 0.581. The Balaban J connectivity index is 2.30. The first-order chi connectivity index (χ1) is 5.56. The third-order valence-corrected chi connectivity index (χ3v) is 3.61. The van der Waals surface area contributed by atoms with Gasteiger partial charge in [-0.25, -0.2) is 0 Å². The van der Waals surface area contributed by atoms with Gasteiger partial charge in [-0.05, 0) is 30.1 Å². The van der Waals surface area contributed by atoms with E-state index < -0.39 is 0 Å². The summed E-state index contributed by atoms with van der Waals surface area (Å²) in [6.45, 7) is 9.60. The van der Waals surface area contributed by atoms with Gasteiger partial charge in [0.1, 0.15) is 0 Å². The maximum Gasteiger partial charge on any atom is -0.0329 e. The van der Waals surface area contributed by atoms with Gasteiger partial charge in [0.2, 0.25) is 0 Å². The van der Waals surface area contributed by atoms with Crippen LogP contribution >= 0.6 is 0 Å². The standard InChI is InChI=1S/C12H24/c1-5-8-12(3,4)10(2)9-11-6-7-11/h10-11H,5-9H2,1-4H3. The molecule has 12 heavy (non-hydrogen) atoms. The second-order valence-corrected chi connectivity index (χ2v) is 5.32. The third kappa shape index (κ3) is 2.80. The highest BCUT2D eigenvalue weighted by atomic mass is 14.4. The molecule has 1 fully saturated rings. The van der Waals surface area contributed by atoms with Crippen LogP contribution in [0.15, 0.2) is 0 Å². The van der Waals surface area contributed by atoms with Gasteiger partial charge in [-0.3, -0.25) is 0 Å². The third-order valence-electron chi connectivity index (χ3n) is 3.61. The van der Waals surface area contributed by atoms with Gasteiger partial charge in [-0.2, -0.15) is 0 Å². The van der Waals surface area contributed by atoms with E-state index in [1.807, 2.05) is 0 Å². The lowest BCUT2D eigenvalue weighted by atomic mass is 9.74. The summed E-state index contributed by atoms with van der Waals surface area (Å²) in [5, 5.41) is 0. The van der Waals surface area contributed by atoms with Gasteiger partial charge in [0.15, 0.2) is 0 Å². The van der Waals surface area contributed by atoms with Crippen molar-refractivity contribution < 1.29 is 0 Å². The molecule has 0 N–H and O–H groups in total. The van der Waals surface area contributed by atoms with Crippen LogP contribution in [0.25, 0.3) is 0 Å². The molecule has 0 aliphatic heterocycles. The molecule has 1 aliphatic rings. The molecule has 1 atom stereocenters. The van der Waals surface area contributed by atoms with Crippen LogP contribution in [0.1, 0.15) is 59.8 Å². The first-order valence-corrected chi connectivity index (χ1v) is 5.56. The Hall–Kier alpha value is 0. The molecule has 0 aromatic heterocycles. The summed E-state index contributed by atoms with van der Waals surface area (Å²) in [7, 11) is 0. The highest BCUT2D eigenvalue weighted by molar-refractivity contribution is 4.82. The van der Waals surface area contributed by atoms with Crippen molar-refractivity contribution in [2.24, 2.45) is 17.3 Å². The van der Waals surface area contributed by atoms with Crippen molar-refractivity contribution in [3.05, 3.63) is 0 Å². The predicted molar refractivity (Wildman–Crippen MR) is 55.2 cm³/mol. The zero-order valence-corrected chi connectivity index (χ0v) is 9.19. The van der Waals surface area contributed by atoms with Gasteiger partial charge in [-0.1, -0.05) is 47.0 Å². The lowest BCUT2D eigenvalue weighted by molar-refractivity contribution is 0.191. The fourth-order valence-electron chi connectivity index (χ4n) is 2.06. The zero-order chi connectivity index (χ0) is 9.19. The number of hydrogen-bond donors (Lipinski definition) is 0. The maximum absolute atomic E-state index is 2.44. The molecule has 0 nitrogen and oxygen atoms in total. The highest BCUT2D eigenvalue weighted by Gasteiger charge is 2.31. The fourth-order valence-corrected chi connectivity index (χ4v) is 2.06. The summed E-state index contributed by atoms with van der Waals surface area (Å²) in [5.74, 6) is 2.01. The first-order valence-electron chi connectivity index (χ1n) is 5.56. The first kappa shape index (κ1) is 10.1. The quantitative estimate of drug-likeness (QED) is 0.575. The van der Waals surface area contributed by atoms with Crippen LogP contribution in [0, 0.1) is 17.3 Å². The highest BCUT2D eigenvalue weighted by Crippen LogP contribution is 2.42. The summed E-state index contributed by atoms with van der Waals surface area (Å²) in [4.78, 5) is 0. The van der Waals surface area contributed by atoms with E-state index in [0.717, 1.165) is 11.8 Å². The van der Waals surface area contributed by atoms with Crippen molar-refractivity contribution in [2.75, 3.05) is 0 Å².